The van der Waals surface area contributed by atoms with E-state index < -0.39 is 17.9 Å². The Morgan fingerprint density at radius 3 is 2.21 bits per heavy atom. The van der Waals surface area contributed by atoms with Crippen LogP contribution in [0.4, 0.5) is 8.78 Å². The van der Waals surface area contributed by atoms with Crippen LogP contribution in [0.25, 0.3) is 0 Å². The fraction of sp³-hybridized carbons (Fsp3) is 0.571. The van der Waals surface area contributed by atoms with Crippen LogP contribution in [-0.2, 0) is 4.74 Å². The Hall–Kier alpha value is -1.20. The predicted octanol–water partition coefficient (Wildman–Crippen LogP) is 3.50. The minimum Gasteiger partial charge on any atom is -0.494 e. The van der Waals surface area contributed by atoms with Gasteiger partial charge in [0.25, 0.3) is 0 Å². The molecule has 1 aromatic carbocycles. The van der Waals surface area contributed by atoms with Gasteiger partial charge in [-0.15, -0.1) is 0 Å². The van der Waals surface area contributed by atoms with E-state index in [2.05, 4.69) is 4.74 Å². The van der Waals surface area contributed by atoms with Crippen molar-refractivity contribution in [1.29, 1.82) is 0 Å². The summed E-state index contributed by atoms with van der Waals surface area (Å²) in [6, 6.07) is 3.79. The van der Waals surface area contributed by atoms with E-state index >= 15 is 0 Å². The van der Waals surface area contributed by atoms with E-state index in [-0.39, 0.29) is 11.9 Å². The number of ether oxygens (including phenoxy) is 2. The molecule has 1 fully saturated rings. The first-order chi connectivity index (χ1) is 9.04. The fourth-order valence-corrected chi connectivity index (χ4v) is 1.42. The lowest BCUT2D eigenvalue weighted by Crippen LogP contribution is -2.05. The van der Waals surface area contributed by atoms with Gasteiger partial charge in [0.1, 0.15) is 0 Å². The Labute approximate surface area is 113 Å². The van der Waals surface area contributed by atoms with E-state index in [1.54, 1.807) is 0 Å². The smallest absolute Gasteiger partial charge is 0.200 e. The van der Waals surface area contributed by atoms with Crippen molar-refractivity contribution in [3.8, 4) is 5.75 Å². The van der Waals surface area contributed by atoms with Crippen molar-refractivity contribution in [1.82, 2.24) is 0 Å². The fourth-order valence-electron chi connectivity index (χ4n) is 1.42. The van der Waals surface area contributed by atoms with E-state index in [0.29, 0.717) is 0 Å². The molecule has 3 nitrogen and oxygen atoms in total. The first kappa shape index (κ1) is 17.8. The molecule has 1 N–H and O–H groups in total. The minimum absolute atomic E-state index is 0.0694. The molecule has 110 valence electrons. The summed E-state index contributed by atoms with van der Waals surface area (Å²) in [4.78, 5) is 0. The second-order valence-corrected chi connectivity index (χ2v) is 3.73. The SMILES string of the molecule is CC.COc1cccc(F)c1F.C[C@@H]1CCC(O)O1. The third-order valence-corrected chi connectivity index (χ3v) is 2.35. The highest BCUT2D eigenvalue weighted by Crippen LogP contribution is 2.17. The lowest BCUT2D eigenvalue weighted by molar-refractivity contribution is -0.0849. The van der Waals surface area contributed by atoms with Crippen molar-refractivity contribution < 1.29 is 23.4 Å². The highest BCUT2D eigenvalue weighted by molar-refractivity contribution is 5.24. The van der Waals surface area contributed by atoms with Crippen LogP contribution in [0.1, 0.15) is 33.6 Å². The van der Waals surface area contributed by atoms with E-state index in [4.69, 9.17) is 9.84 Å². The molecule has 1 aliphatic rings. The summed E-state index contributed by atoms with van der Waals surface area (Å²) in [6.07, 6.45) is 1.60. The topological polar surface area (TPSA) is 38.7 Å². The summed E-state index contributed by atoms with van der Waals surface area (Å²) in [5, 5.41) is 8.68. The standard InChI is InChI=1S/C7H6F2O.C5H10O2.C2H6/c1-10-6-4-2-3-5(8)7(6)9;1-4-2-3-5(6)7-4;1-2/h2-4H,1H3;4-6H,2-3H2,1H3;1-2H3/t;4-,5?;/m.1./s1. The Morgan fingerprint density at radius 2 is 1.89 bits per heavy atom. The Morgan fingerprint density at radius 1 is 1.26 bits per heavy atom. The van der Waals surface area contributed by atoms with Gasteiger partial charge in [-0.05, 0) is 25.5 Å². The second kappa shape index (κ2) is 9.69. The van der Waals surface area contributed by atoms with E-state index in [9.17, 15) is 8.78 Å². The molecule has 0 radical (unpaired) electrons. The van der Waals surface area contributed by atoms with Gasteiger partial charge in [-0.3, -0.25) is 0 Å². The summed E-state index contributed by atoms with van der Waals surface area (Å²) < 4.78 is 34.2. The predicted molar refractivity (Wildman–Crippen MR) is 70.0 cm³/mol. The van der Waals surface area contributed by atoms with Gasteiger partial charge in [-0.25, -0.2) is 4.39 Å². The Bertz CT molecular complexity index is 351. The van der Waals surface area contributed by atoms with Gasteiger partial charge in [-0.2, -0.15) is 4.39 Å². The van der Waals surface area contributed by atoms with Crippen LogP contribution in [0.5, 0.6) is 5.75 Å². The molecule has 0 amide bonds. The Kier molecular flexibility index (Phi) is 9.08. The largest absolute Gasteiger partial charge is 0.494 e. The van der Waals surface area contributed by atoms with Crippen LogP contribution in [0.2, 0.25) is 0 Å². The molecule has 1 aromatic rings. The maximum atomic E-state index is 12.5. The van der Waals surface area contributed by atoms with Gasteiger partial charge < -0.3 is 14.6 Å². The van der Waals surface area contributed by atoms with Crippen LogP contribution >= 0.6 is 0 Å². The Balaban J connectivity index is 0.000000316. The average Bonchev–Trinajstić information content (AvgIpc) is 2.80. The minimum atomic E-state index is -0.940. The number of aliphatic hydroxyl groups excluding tert-OH is 1. The van der Waals surface area contributed by atoms with Crippen molar-refractivity contribution >= 4 is 0 Å². The van der Waals surface area contributed by atoms with Crippen molar-refractivity contribution in [2.45, 2.75) is 46.0 Å². The summed E-state index contributed by atoms with van der Waals surface area (Å²) in [5.74, 6) is -1.90. The monoisotopic (exact) mass is 276 g/mol. The van der Waals surface area contributed by atoms with Gasteiger partial charge in [-0.1, -0.05) is 19.9 Å². The number of rotatable bonds is 1. The zero-order chi connectivity index (χ0) is 14.8. The summed E-state index contributed by atoms with van der Waals surface area (Å²) in [5.41, 5.74) is 0. The lowest BCUT2D eigenvalue weighted by atomic mass is 10.3. The normalized spacial score (nSPS) is 20.8. The average molecular weight is 276 g/mol. The van der Waals surface area contributed by atoms with Gasteiger partial charge in [0, 0.05) is 6.42 Å². The van der Waals surface area contributed by atoms with E-state index in [1.165, 1.54) is 19.2 Å². The highest BCUT2D eigenvalue weighted by Gasteiger charge is 2.17. The van der Waals surface area contributed by atoms with Crippen molar-refractivity contribution in [2.24, 2.45) is 0 Å². The lowest BCUT2D eigenvalue weighted by Gasteiger charge is -2.00. The number of methoxy groups -OCH3 is 1. The highest BCUT2D eigenvalue weighted by atomic mass is 19.2. The molecule has 2 rings (SSSR count). The maximum absolute atomic E-state index is 12.5. The molecule has 0 spiro atoms. The number of benzene rings is 1. The van der Waals surface area contributed by atoms with E-state index in [1.807, 2.05) is 20.8 Å². The quantitative estimate of drug-likeness (QED) is 0.853. The molecule has 0 aliphatic carbocycles. The molecule has 1 heterocycles. The molecule has 19 heavy (non-hydrogen) atoms. The van der Waals surface area contributed by atoms with Crippen molar-refractivity contribution in [2.75, 3.05) is 7.11 Å². The van der Waals surface area contributed by atoms with Crippen LogP contribution in [0, 0.1) is 11.6 Å². The zero-order valence-corrected chi connectivity index (χ0v) is 11.8. The first-order valence-electron chi connectivity index (χ1n) is 6.36. The molecule has 2 atom stereocenters. The molecule has 0 saturated carbocycles. The molecule has 1 aliphatic heterocycles. The summed E-state index contributed by atoms with van der Waals surface area (Å²) in [7, 11) is 1.29. The van der Waals surface area contributed by atoms with Crippen LogP contribution in [0.3, 0.4) is 0 Å². The first-order valence-corrected chi connectivity index (χ1v) is 6.36. The van der Waals surface area contributed by atoms with Crippen molar-refractivity contribution in [3.63, 3.8) is 0 Å². The number of hydrogen-bond donors (Lipinski definition) is 1. The molecule has 0 bridgehead atoms. The number of hydrogen-bond acceptors (Lipinski definition) is 3. The van der Waals surface area contributed by atoms with E-state index in [0.717, 1.165) is 18.9 Å². The molecule has 1 saturated heterocycles. The summed E-state index contributed by atoms with van der Waals surface area (Å²) in [6.45, 7) is 5.97. The number of halogens is 2. The van der Waals surface area contributed by atoms with Crippen LogP contribution < -0.4 is 4.74 Å². The van der Waals surface area contributed by atoms with Gasteiger partial charge >= 0.3 is 0 Å². The molecular weight excluding hydrogens is 254 g/mol. The molecule has 0 aromatic heterocycles. The van der Waals surface area contributed by atoms with Gasteiger partial charge in [0.15, 0.2) is 17.9 Å². The second-order valence-electron chi connectivity index (χ2n) is 3.73. The molecular formula is C14H22F2O3. The van der Waals surface area contributed by atoms with Crippen molar-refractivity contribution in [3.05, 3.63) is 29.8 Å². The molecule has 5 heteroatoms. The van der Waals surface area contributed by atoms with Crippen LogP contribution in [-0.4, -0.2) is 24.6 Å². The zero-order valence-electron chi connectivity index (χ0n) is 11.8. The number of aliphatic hydroxyl groups is 1. The molecule has 1 unspecified atom stereocenters. The summed E-state index contributed by atoms with van der Waals surface area (Å²) >= 11 is 0. The maximum Gasteiger partial charge on any atom is 0.200 e. The van der Waals surface area contributed by atoms with Gasteiger partial charge in [0.05, 0.1) is 13.2 Å². The van der Waals surface area contributed by atoms with Gasteiger partial charge in [0.2, 0.25) is 5.82 Å². The third kappa shape index (κ3) is 6.50. The third-order valence-electron chi connectivity index (χ3n) is 2.35. The van der Waals surface area contributed by atoms with Crippen LogP contribution in [0.15, 0.2) is 18.2 Å².